The molecule has 0 saturated carbocycles. The summed E-state index contributed by atoms with van der Waals surface area (Å²) in [6.07, 6.45) is 6.55. The van der Waals surface area contributed by atoms with Gasteiger partial charge in [-0.1, -0.05) is 6.08 Å². The van der Waals surface area contributed by atoms with Crippen molar-refractivity contribution < 1.29 is 14.3 Å². The van der Waals surface area contributed by atoms with Gasteiger partial charge in [0, 0.05) is 17.1 Å². The maximum atomic E-state index is 12.3. The van der Waals surface area contributed by atoms with E-state index in [1.54, 1.807) is 14.0 Å². The van der Waals surface area contributed by atoms with Gasteiger partial charge in [0.1, 0.15) is 5.76 Å². The minimum absolute atomic E-state index is 0.0654. The minimum Gasteiger partial charge on any atom is -0.497 e. The molecule has 0 aliphatic heterocycles. The summed E-state index contributed by atoms with van der Waals surface area (Å²) in [5.41, 5.74) is 2.33. The number of ketones is 1. The quantitative estimate of drug-likeness (QED) is 0.804. The number of nitrogens with one attached hydrogen (secondary N) is 1. The predicted octanol–water partition coefficient (Wildman–Crippen LogP) is 2.93. The third kappa shape index (κ3) is 2.22. The largest absolute Gasteiger partial charge is 0.497 e. The van der Waals surface area contributed by atoms with E-state index in [2.05, 4.69) is 0 Å². The highest BCUT2D eigenvalue weighted by molar-refractivity contribution is 6.25. The Morgan fingerprint density at radius 3 is 2.50 bits per heavy atom. The van der Waals surface area contributed by atoms with Crippen molar-refractivity contribution >= 4 is 11.5 Å². The van der Waals surface area contributed by atoms with Gasteiger partial charge in [0.2, 0.25) is 5.78 Å². The Labute approximate surface area is 119 Å². The summed E-state index contributed by atoms with van der Waals surface area (Å²) < 4.78 is 10.5. The summed E-state index contributed by atoms with van der Waals surface area (Å²) >= 11 is 0. The summed E-state index contributed by atoms with van der Waals surface area (Å²) in [5.74, 6) is 0.834. The summed E-state index contributed by atoms with van der Waals surface area (Å²) in [7, 11) is 3.09. The topological polar surface area (TPSA) is 59.4 Å². The van der Waals surface area contributed by atoms with E-state index < -0.39 is 0 Å². The number of rotatable bonds is 3. The number of carbonyl (C=O) groups is 1. The molecule has 2 aliphatic carbocycles. The lowest BCUT2D eigenvalue weighted by Gasteiger charge is -2.27. The first kappa shape index (κ1) is 14.3. The molecule has 106 valence electrons. The van der Waals surface area contributed by atoms with Gasteiger partial charge in [0.25, 0.3) is 0 Å². The van der Waals surface area contributed by atoms with Crippen LogP contribution in [-0.2, 0) is 14.3 Å². The smallest absolute Gasteiger partial charge is 0.223 e. The second-order valence-corrected chi connectivity index (χ2v) is 4.92. The highest BCUT2D eigenvalue weighted by Gasteiger charge is 2.33. The molecule has 4 nitrogen and oxygen atoms in total. The molecule has 2 rings (SSSR count). The second kappa shape index (κ2) is 5.49. The Morgan fingerprint density at radius 1 is 1.20 bits per heavy atom. The fourth-order valence-electron chi connectivity index (χ4n) is 2.51. The molecule has 0 fully saturated rings. The Bertz CT molecular complexity index is 591. The van der Waals surface area contributed by atoms with E-state index >= 15 is 0 Å². The Kier molecular flexibility index (Phi) is 3.93. The number of ether oxygens (including phenoxy) is 2. The monoisotopic (exact) mass is 273 g/mol. The van der Waals surface area contributed by atoms with E-state index in [1.807, 2.05) is 25.2 Å². The highest BCUT2D eigenvalue weighted by atomic mass is 16.5. The lowest BCUT2D eigenvalue weighted by Crippen LogP contribution is -2.26. The van der Waals surface area contributed by atoms with E-state index in [1.165, 1.54) is 7.11 Å². The summed E-state index contributed by atoms with van der Waals surface area (Å²) in [4.78, 5) is 12.3. The Hall–Kier alpha value is -2.10. The van der Waals surface area contributed by atoms with Crippen molar-refractivity contribution in [3.05, 3.63) is 46.5 Å². The molecular formula is C16H19NO3. The number of carbonyl (C=O) groups excluding carboxylic acids is 1. The van der Waals surface area contributed by atoms with Gasteiger partial charge in [-0.05, 0) is 38.0 Å². The van der Waals surface area contributed by atoms with Crippen molar-refractivity contribution in [3.63, 3.8) is 0 Å². The molecule has 0 spiro atoms. The average Bonchev–Trinajstić information content (AvgIpc) is 2.48. The van der Waals surface area contributed by atoms with Crippen LogP contribution in [0.1, 0.15) is 20.3 Å². The maximum absolute atomic E-state index is 12.3. The molecule has 0 aromatic heterocycles. The third-order valence-electron chi connectivity index (χ3n) is 3.85. The van der Waals surface area contributed by atoms with Crippen molar-refractivity contribution in [3.8, 4) is 0 Å². The highest BCUT2D eigenvalue weighted by Crippen LogP contribution is 2.34. The Balaban J connectivity index is 2.50. The molecule has 0 amide bonds. The molecule has 4 heteroatoms. The molecule has 0 heterocycles. The molecule has 0 radical (unpaired) electrons. The van der Waals surface area contributed by atoms with Gasteiger partial charge in [-0.3, -0.25) is 4.79 Å². The first-order valence-electron chi connectivity index (χ1n) is 6.53. The number of methoxy groups -OCH3 is 2. The molecule has 1 unspecified atom stereocenters. The SMILES string of the molecule is COC1=CC(C2=C(OC)C(=O)C(C)=C(C)C2=N)CC=C1. The maximum Gasteiger partial charge on any atom is 0.223 e. The van der Waals surface area contributed by atoms with Crippen LogP contribution in [0.4, 0.5) is 0 Å². The molecule has 0 saturated heterocycles. The van der Waals surface area contributed by atoms with Gasteiger partial charge in [0.15, 0.2) is 5.76 Å². The zero-order valence-electron chi connectivity index (χ0n) is 12.2. The normalized spacial score (nSPS) is 23.2. The van der Waals surface area contributed by atoms with Crippen LogP contribution in [0.15, 0.2) is 46.5 Å². The molecule has 2 aliphatic rings. The molecule has 0 bridgehead atoms. The number of hydrogen-bond acceptors (Lipinski definition) is 4. The Morgan fingerprint density at radius 2 is 1.90 bits per heavy atom. The zero-order valence-corrected chi connectivity index (χ0v) is 12.2. The fraction of sp³-hybridized carbons (Fsp3) is 0.375. The van der Waals surface area contributed by atoms with Crippen LogP contribution in [0.3, 0.4) is 0 Å². The van der Waals surface area contributed by atoms with Crippen molar-refractivity contribution in [2.45, 2.75) is 20.3 Å². The first-order valence-corrected chi connectivity index (χ1v) is 6.53. The van der Waals surface area contributed by atoms with Crippen molar-refractivity contribution in [1.29, 1.82) is 5.41 Å². The van der Waals surface area contributed by atoms with Crippen LogP contribution in [0.25, 0.3) is 0 Å². The van der Waals surface area contributed by atoms with Crippen LogP contribution >= 0.6 is 0 Å². The first-order chi connectivity index (χ1) is 9.51. The standard InChI is InChI=1S/C16H19NO3/c1-9-10(2)15(18)16(20-4)13(14(9)17)11-6-5-7-12(8-11)19-3/h5,7-8,11,17H,6H2,1-4H3. The van der Waals surface area contributed by atoms with Crippen LogP contribution < -0.4 is 0 Å². The third-order valence-corrected chi connectivity index (χ3v) is 3.85. The number of Topliss-reactive ketones (excluding diaryl/α,β-unsaturated/α-hetero) is 1. The average molecular weight is 273 g/mol. The molecule has 0 aromatic carbocycles. The summed E-state index contributed by atoms with van der Waals surface area (Å²) in [6, 6.07) is 0. The molecule has 1 N–H and O–H groups in total. The van der Waals surface area contributed by atoms with E-state index in [0.29, 0.717) is 22.4 Å². The van der Waals surface area contributed by atoms with Gasteiger partial charge in [0.05, 0.1) is 19.9 Å². The predicted molar refractivity (Wildman–Crippen MR) is 77.5 cm³/mol. The van der Waals surface area contributed by atoms with Crippen LogP contribution in [0.5, 0.6) is 0 Å². The van der Waals surface area contributed by atoms with Gasteiger partial charge in [-0.15, -0.1) is 0 Å². The number of hydrogen-bond donors (Lipinski definition) is 1. The van der Waals surface area contributed by atoms with Gasteiger partial charge in [-0.2, -0.15) is 0 Å². The van der Waals surface area contributed by atoms with Crippen LogP contribution in [0.2, 0.25) is 0 Å². The molecule has 1 atom stereocenters. The fourth-order valence-corrected chi connectivity index (χ4v) is 2.51. The van der Waals surface area contributed by atoms with Crippen molar-refractivity contribution in [1.82, 2.24) is 0 Å². The number of allylic oxidation sites excluding steroid dienone is 6. The van der Waals surface area contributed by atoms with Crippen LogP contribution in [-0.4, -0.2) is 25.7 Å². The van der Waals surface area contributed by atoms with E-state index in [4.69, 9.17) is 14.9 Å². The van der Waals surface area contributed by atoms with Crippen molar-refractivity contribution in [2.24, 2.45) is 5.92 Å². The molecule has 20 heavy (non-hydrogen) atoms. The van der Waals surface area contributed by atoms with Gasteiger partial charge < -0.3 is 14.9 Å². The summed E-state index contributed by atoms with van der Waals surface area (Å²) in [6.45, 7) is 3.54. The van der Waals surface area contributed by atoms with Gasteiger partial charge >= 0.3 is 0 Å². The van der Waals surface area contributed by atoms with Gasteiger partial charge in [-0.25, -0.2) is 0 Å². The van der Waals surface area contributed by atoms with Crippen molar-refractivity contribution in [2.75, 3.05) is 14.2 Å². The lowest BCUT2D eigenvalue weighted by molar-refractivity contribution is -0.115. The molecule has 0 aromatic rings. The lowest BCUT2D eigenvalue weighted by atomic mass is 9.80. The van der Waals surface area contributed by atoms with E-state index in [-0.39, 0.29) is 17.5 Å². The van der Waals surface area contributed by atoms with E-state index in [0.717, 1.165) is 12.2 Å². The molecular weight excluding hydrogens is 254 g/mol. The van der Waals surface area contributed by atoms with E-state index in [9.17, 15) is 4.79 Å². The van der Waals surface area contributed by atoms with Crippen LogP contribution in [0, 0.1) is 11.3 Å². The summed E-state index contributed by atoms with van der Waals surface area (Å²) in [5, 5.41) is 8.32. The second-order valence-electron chi connectivity index (χ2n) is 4.92. The minimum atomic E-state index is -0.127. The zero-order chi connectivity index (χ0) is 14.9.